The van der Waals surface area contributed by atoms with E-state index in [1.807, 2.05) is 0 Å². The van der Waals surface area contributed by atoms with Crippen molar-refractivity contribution in [1.29, 1.82) is 0 Å². The molecule has 1 fully saturated rings. The van der Waals surface area contributed by atoms with Crippen LogP contribution < -0.4 is 15.4 Å². The Morgan fingerprint density at radius 3 is 2.80 bits per heavy atom. The number of benzene rings is 1. The number of methoxy groups -OCH3 is 1. The number of hydrogen-bond acceptors (Lipinski definition) is 3. The smallest absolute Gasteiger partial charge is 0.251 e. The van der Waals surface area contributed by atoms with E-state index < -0.39 is 5.82 Å². The zero-order chi connectivity index (χ0) is 14.6. The highest BCUT2D eigenvalue weighted by Gasteiger charge is 2.27. The molecule has 20 heavy (non-hydrogen) atoms. The second kappa shape index (κ2) is 6.22. The Hall–Kier alpha value is -1.62. The molecule has 1 heterocycles. The van der Waals surface area contributed by atoms with E-state index in [9.17, 15) is 9.18 Å². The van der Waals surface area contributed by atoms with Gasteiger partial charge in [0.1, 0.15) is 0 Å². The predicted octanol–water partition coefficient (Wildman–Crippen LogP) is 1.95. The zero-order valence-electron chi connectivity index (χ0n) is 12.0. The lowest BCUT2D eigenvalue weighted by molar-refractivity contribution is 0.0922. The summed E-state index contributed by atoms with van der Waals surface area (Å²) >= 11 is 0. The molecule has 0 radical (unpaired) electrons. The van der Waals surface area contributed by atoms with Gasteiger partial charge in [0.05, 0.1) is 7.11 Å². The van der Waals surface area contributed by atoms with E-state index >= 15 is 0 Å². The van der Waals surface area contributed by atoms with Crippen LogP contribution in [0.25, 0.3) is 0 Å². The molecule has 1 saturated heterocycles. The summed E-state index contributed by atoms with van der Waals surface area (Å²) in [6.45, 7) is 4.78. The molecule has 0 unspecified atom stereocenters. The summed E-state index contributed by atoms with van der Waals surface area (Å²) in [6, 6.07) is 4.15. The number of carbonyl (C=O) groups excluding carboxylic acids is 1. The number of piperidine rings is 1. The van der Waals surface area contributed by atoms with Gasteiger partial charge < -0.3 is 15.4 Å². The largest absolute Gasteiger partial charge is 0.494 e. The minimum absolute atomic E-state index is 0.0886. The van der Waals surface area contributed by atoms with E-state index in [2.05, 4.69) is 17.6 Å². The normalized spacial score (nSPS) is 17.6. The minimum atomic E-state index is -0.464. The third kappa shape index (κ3) is 3.48. The highest BCUT2D eigenvalue weighted by Crippen LogP contribution is 2.27. The number of carbonyl (C=O) groups is 1. The summed E-state index contributed by atoms with van der Waals surface area (Å²) in [7, 11) is 1.39. The molecule has 0 spiro atoms. The summed E-state index contributed by atoms with van der Waals surface area (Å²) in [5.41, 5.74) is 0.547. The molecule has 2 N–H and O–H groups in total. The Labute approximate surface area is 118 Å². The highest BCUT2D eigenvalue weighted by molar-refractivity contribution is 5.94. The molecular formula is C15H21FN2O2. The van der Waals surface area contributed by atoms with Gasteiger partial charge in [-0.25, -0.2) is 4.39 Å². The van der Waals surface area contributed by atoms with Crippen LogP contribution in [0.4, 0.5) is 4.39 Å². The first-order valence-electron chi connectivity index (χ1n) is 6.86. The predicted molar refractivity (Wildman–Crippen MR) is 75.5 cm³/mol. The van der Waals surface area contributed by atoms with Crippen molar-refractivity contribution in [3.05, 3.63) is 29.6 Å². The standard InChI is InChI=1S/C15H21FN2O2/c1-15(5-7-17-8-6-15)10-18-14(19)11-3-4-12(16)13(9-11)20-2/h3-4,9,17H,5-8,10H2,1-2H3,(H,18,19). The molecule has 1 amide bonds. The second-order valence-electron chi connectivity index (χ2n) is 5.59. The summed E-state index contributed by atoms with van der Waals surface area (Å²) in [5, 5.41) is 6.24. The average Bonchev–Trinajstić information content (AvgIpc) is 2.46. The molecule has 0 aliphatic carbocycles. The van der Waals surface area contributed by atoms with Crippen molar-refractivity contribution in [1.82, 2.24) is 10.6 Å². The number of amides is 1. The highest BCUT2D eigenvalue weighted by atomic mass is 19.1. The summed E-state index contributed by atoms with van der Waals surface area (Å²) in [4.78, 5) is 12.1. The van der Waals surface area contributed by atoms with Crippen molar-refractivity contribution < 1.29 is 13.9 Å². The Balaban J connectivity index is 1.98. The molecule has 1 aromatic carbocycles. The molecule has 5 heteroatoms. The van der Waals surface area contributed by atoms with Gasteiger partial charge in [-0.3, -0.25) is 4.79 Å². The first-order valence-corrected chi connectivity index (χ1v) is 6.86. The topological polar surface area (TPSA) is 50.4 Å². The van der Waals surface area contributed by atoms with E-state index in [-0.39, 0.29) is 17.1 Å². The fourth-order valence-electron chi connectivity index (χ4n) is 2.40. The molecular weight excluding hydrogens is 259 g/mol. The van der Waals surface area contributed by atoms with Crippen molar-refractivity contribution in [3.8, 4) is 5.75 Å². The summed E-state index contributed by atoms with van der Waals surface area (Å²) in [5.74, 6) is -0.567. The quantitative estimate of drug-likeness (QED) is 0.886. The van der Waals surface area contributed by atoms with Crippen LogP contribution in [0, 0.1) is 11.2 Å². The molecule has 2 rings (SSSR count). The van der Waals surface area contributed by atoms with Crippen LogP contribution in [0.2, 0.25) is 0 Å². The van der Waals surface area contributed by atoms with Gasteiger partial charge in [-0.15, -0.1) is 0 Å². The van der Waals surface area contributed by atoms with E-state index in [1.54, 1.807) is 0 Å². The lowest BCUT2D eigenvalue weighted by Crippen LogP contribution is -2.42. The van der Waals surface area contributed by atoms with Gasteiger partial charge in [0, 0.05) is 12.1 Å². The first kappa shape index (κ1) is 14.8. The maximum Gasteiger partial charge on any atom is 0.251 e. The third-order valence-electron chi connectivity index (χ3n) is 3.90. The molecule has 0 atom stereocenters. The van der Waals surface area contributed by atoms with Gasteiger partial charge in [0.25, 0.3) is 5.91 Å². The summed E-state index contributed by atoms with van der Waals surface area (Å²) in [6.07, 6.45) is 2.08. The van der Waals surface area contributed by atoms with E-state index in [0.29, 0.717) is 12.1 Å². The minimum Gasteiger partial charge on any atom is -0.494 e. The maximum absolute atomic E-state index is 13.3. The zero-order valence-corrected chi connectivity index (χ0v) is 12.0. The number of ether oxygens (including phenoxy) is 1. The van der Waals surface area contributed by atoms with Crippen LogP contribution in [0.3, 0.4) is 0 Å². The van der Waals surface area contributed by atoms with Gasteiger partial charge >= 0.3 is 0 Å². The van der Waals surface area contributed by atoms with Crippen LogP contribution in [-0.4, -0.2) is 32.7 Å². The van der Waals surface area contributed by atoms with Crippen molar-refractivity contribution in [2.24, 2.45) is 5.41 Å². The van der Waals surface area contributed by atoms with Crippen molar-refractivity contribution in [2.75, 3.05) is 26.7 Å². The van der Waals surface area contributed by atoms with Crippen LogP contribution in [0.1, 0.15) is 30.1 Å². The summed E-state index contributed by atoms with van der Waals surface area (Å²) < 4.78 is 18.2. The van der Waals surface area contributed by atoms with Crippen molar-refractivity contribution in [3.63, 3.8) is 0 Å². The number of rotatable bonds is 4. The maximum atomic E-state index is 13.3. The van der Waals surface area contributed by atoms with Gasteiger partial charge in [-0.1, -0.05) is 6.92 Å². The lowest BCUT2D eigenvalue weighted by atomic mass is 9.81. The van der Waals surface area contributed by atoms with E-state index in [0.717, 1.165) is 25.9 Å². The van der Waals surface area contributed by atoms with Gasteiger partial charge in [0.15, 0.2) is 11.6 Å². The fourth-order valence-corrected chi connectivity index (χ4v) is 2.40. The van der Waals surface area contributed by atoms with Gasteiger partial charge in [-0.05, 0) is 49.5 Å². The van der Waals surface area contributed by atoms with E-state index in [1.165, 1.54) is 25.3 Å². The fraction of sp³-hybridized carbons (Fsp3) is 0.533. The van der Waals surface area contributed by atoms with Crippen LogP contribution in [0.15, 0.2) is 18.2 Å². The Morgan fingerprint density at radius 2 is 2.15 bits per heavy atom. The van der Waals surface area contributed by atoms with Gasteiger partial charge in [-0.2, -0.15) is 0 Å². The van der Waals surface area contributed by atoms with Crippen molar-refractivity contribution >= 4 is 5.91 Å². The average molecular weight is 280 g/mol. The number of hydrogen-bond donors (Lipinski definition) is 2. The Morgan fingerprint density at radius 1 is 1.45 bits per heavy atom. The second-order valence-corrected chi connectivity index (χ2v) is 5.59. The Kier molecular flexibility index (Phi) is 4.60. The first-order chi connectivity index (χ1) is 9.54. The van der Waals surface area contributed by atoms with Gasteiger partial charge in [0.2, 0.25) is 0 Å². The third-order valence-corrected chi connectivity index (χ3v) is 3.90. The molecule has 1 aliphatic rings. The molecule has 1 aromatic rings. The van der Waals surface area contributed by atoms with E-state index in [4.69, 9.17) is 4.74 Å². The number of nitrogens with one attached hydrogen (secondary N) is 2. The lowest BCUT2D eigenvalue weighted by Gasteiger charge is -2.34. The monoisotopic (exact) mass is 280 g/mol. The van der Waals surface area contributed by atoms with Crippen LogP contribution in [0.5, 0.6) is 5.75 Å². The molecule has 4 nitrogen and oxygen atoms in total. The SMILES string of the molecule is COc1cc(C(=O)NCC2(C)CCNCC2)ccc1F. The Bertz CT molecular complexity index is 485. The van der Waals surface area contributed by atoms with Crippen LogP contribution in [-0.2, 0) is 0 Å². The molecule has 0 aromatic heterocycles. The molecule has 0 saturated carbocycles. The molecule has 110 valence electrons. The van der Waals surface area contributed by atoms with Crippen molar-refractivity contribution in [2.45, 2.75) is 19.8 Å². The molecule has 1 aliphatic heterocycles. The molecule has 0 bridgehead atoms. The van der Waals surface area contributed by atoms with Crippen LogP contribution >= 0.6 is 0 Å². The number of halogens is 1.